The number of aromatic nitrogens is 3. The van der Waals surface area contributed by atoms with Gasteiger partial charge in [-0.2, -0.15) is 5.26 Å². The monoisotopic (exact) mass is 344 g/mol. The van der Waals surface area contributed by atoms with Crippen LogP contribution in [0.5, 0.6) is 0 Å². The lowest BCUT2D eigenvalue weighted by Crippen LogP contribution is -2.26. The molecule has 2 heterocycles. The minimum atomic E-state index is -0.168. The van der Waals surface area contributed by atoms with Gasteiger partial charge in [-0.1, -0.05) is 23.9 Å². The zero-order valence-corrected chi connectivity index (χ0v) is 14.2. The first-order valence-corrected chi connectivity index (χ1v) is 8.08. The second-order valence-corrected chi connectivity index (χ2v) is 6.35. The average Bonchev–Trinajstić information content (AvgIpc) is 3.16. The number of carbonyl (C=O) groups is 1. The normalized spacial score (nSPS) is 13.1. The summed E-state index contributed by atoms with van der Waals surface area (Å²) < 4.78 is 1.71. The highest BCUT2D eigenvalue weighted by Gasteiger charge is 2.32. The number of nitriles is 1. The van der Waals surface area contributed by atoms with E-state index in [1.54, 1.807) is 15.6 Å². The molecule has 0 fully saturated rings. The Morgan fingerprint density at radius 2 is 2.19 bits per heavy atom. The highest BCUT2D eigenvalue weighted by atomic mass is 16.2. The molecule has 0 aliphatic carbocycles. The number of nitrogens with zero attached hydrogens (tertiary/aromatic N) is 5. The van der Waals surface area contributed by atoms with E-state index in [0.717, 1.165) is 27.7 Å². The van der Waals surface area contributed by atoms with Crippen LogP contribution in [0.25, 0.3) is 22.2 Å². The zero-order valence-electron chi connectivity index (χ0n) is 14.2. The van der Waals surface area contributed by atoms with E-state index in [9.17, 15) is 4.79 Å². The predicted octanol–water partition coefficient (Wildman–Crippen LogP) is 2.25. The number of amides is 1. The van der Waals surface area contributed by atoms with Crippen molar-refractivity contribution in [2.45, 2.75) is 6.54 Å². The second-order valence-electron chi connectivity index (χ2n) is 6.35. The summed E-state index contributed by atoms with van der Waals surface area (Å²) in [6.45, 7) is 4.27. The topological polar surface area (TPSA) is 101 Å². The molecular formula is C19H16N6O. The van der Waals surface area contributed by atoms with Crippen molar-refractivity contribution in [3.8, 4) is 17.2 Å². The van der Waals surface area contributed by atoms with Crippen molar-refractivity contribution >= 4 is 22.6 Å². The second kappa shape index (κ2) is 5.70. The number of fused-ring (bicyclic) bond motifs is 2. The summed E-state index contributed by atoms with van der Waals surface area (Å²) in [4.78, 5) is 14.3. The lowest BCUT2D eigenvalue weighted by Gasteiger charge is -2.14. The third kappa shape index (κ3) is 2.31. The van der Waals surface area contributed by atoms with Crippen LogP contribution in [0.2, 0.25) is 0 Å². The van der Waals surface area contributed by atoms with E-state index in [1.165, 1.54) is 0 Å². The Kier molecular flexibility index (Phi) is 3.48. The first-order valence-electron chi connectivity index (χ1n) is 8.08. The van der Waals surface area contributed by atoms with Gasteiger partial charge in [-0.15, -0.1) is 5.10 Å². The summed E-state index contributed by atoms with van der Waals surface area (Å²) in [5, 5.41) is 17.1. The Bertz CT molecular complexity index is 1120. The maximum absolute atomic E-state index is 12.7. The molecule has 1 aliphatic rings. The molecule has 128 valence electrons. The Labute approximate surface area is 149 Å². The van der Waals surface area contributed by atoms with Gasteiger partial charge in [-0.25, -0.2) is 4.68 Å². The Balaban J connectivity index is 1.83. The van der Waals surface area contributed by atoms with Crippen molar-refractivity contribution in [1.29, 1.82) is 5.26 Å². The van der Waals surface area contributed by atoms with Crippen LogP contribution in [0.1, 0.15) is 15.9 Å². The molecule has 4 rings (SSSR count). The first kappa shape index (κ1) is 15.8. The van der Waals surface area contributed by atoms with Gasteiger partial charge < -0.3 is 10.6 Å². The molecule has 2 N–H and O–H groups in total. The van der Waals surface area contributed by atoms with E-state index in [-0.39, 0.29) is 12.5 Å². The van der Waals surface area contributed by atoms with Crippen molar-refractivity contribution in [1.82, 2.24) is 19.9 Å². The summed E-state index contributed by atoms with van der Waals surface area (Å²) in [5.41, 5.74) is 11.9. The molecule has 7 nitrogen and oxygen atoms in total. The highest BCUT2D eigenvalue weighted by Crippen LogP contribution is 2.36. The van der Waals surface area contributed by atoms with Crippen LogP contribution in [0.4, 0.5) is 5.69 Å². The SMILES string of the molecule is C=C(C#N)CN1Cc2c(-c3ccc4nnn(C)c4c3)ccc(N)c2C1=O. The first-order chi connectivity index (χ1) is 12.5. The number of hydrogen-bond donors (Lipinski definition) is 1. The van der Waals surface area contributed by atoms with Crippen LogP contribution in [0, 0.1) is 11.3 Å². The number of nitrogens with two attached hydrogens (primary N) is 1. The Morgan fingerprint density at radius 1 is 1.38 bits per heavy atom. The van der Waals surface area contributed by atoms with E-state index in [4.69, 9.17) is 11.0 Å². The standard InChI is InChI=1S/C19H16N6O/c1-11(8-20)9-25-10-14-13(4-5-15(21)18(14)19(25)26)12-3-6-16-17(7-12)24(2)23-22-16/h3-7H,1,9-10,21H2,2H3. The number of anilines is 1. The van der Waals surface area contributed by atoms with Crippen LogP contribution >= 0.6 is 0 Å². The van der Waals surface area contributed by atoms with Gasteiger partial charge in [0.05, 0.1) is 23.7 Å². The summed E-state index contributed by atoms with van der Waals surface area (Å²) in [7, 11) is 1.84. The lowest BCUT2D eigenvalue weighted by atomic mass is 9.95. The number of hydrogen-bond acceptors (Lipinski definition) is 5. The fraction of sp³-hybridized carbons (Fsp3) is 0.158. The van der Waals surface area contributed by atoms with Gasteiger partial charge >= 0.3 is 0 Å². The van der Waals surface area contributed by atoms with Gasteiger partial charge in [-0.05, 0) is 34.9 Å². The van der Waals surface area contributed by atoms with Gasteiger partial charge in [0.2, 0.25) is 0 Å². The molecule has 7 heteroatoms. The summed E-state index contributed by atoms with van der Waals surface area (Å²) in [6.07, 6.45) is 0. The quantitative estimate of drug-likeness (QED) is 0.580. The maximum atomic E-state index is 12.7. The zero-order chi connectivity index (χ0) is 18.4. The van der Waals surface area contributed by atoms with Crippen molar-refractivity contribution in [3.63, 3.8) is 0 Å². The molecule has 26 heavy (non-hydrogen) atoms. The van der Waals surface area contributed by atoms with Crippen LogP contribution in [0.3, 0.4) is 0 Å². The Morgan fingerprint density at radius 3 is 2.96 bits per heavy atom. The minimum absolute atomic E-state index is 0.168. The van der Waals surface area contributed by atoms with E-state index >= 15 is 0 Å². The van der Waals surface area contributed by atoms with E-state index in [0.29, 0.717) is 23.4 Å². The molecular weight excluding hydrogens is 328 g/mol. The molecule has 3 aromatic rings. The molecule has 1 amide bonds. The lowest BCUT2D eigenvalue weighted by molar-refractivity contribution is 0.0795. The average molecular weight is 344 g/mol. The molecule has 0 spiro atoms. The van der Waals surface area contributed by atoms with Gasteiger partial charge in [-0.3, -0.25) is 4.79 Å². The highest BCUT2D eigenvalue weighted by molar-refractivity contribution is 6.05. The summed E-state index contributed by atoms with van der Waals surface area (Å²) >= 11 is 0. The van der Waals surface area contributed by atoms with Gasteiger partial charge in [0.25, 0.3) is 5.91 Å². The molecule has 0 unspecified atom stereocenters. The number of aryl methyl sites for hydroxylation is 1. The predicted molar refractivity (Wildman–Crippen MR) is 97.9 cm³/mol. The molecule has 1 aromatic heterocycles. The number of benzene rings is 2. The van der Waals surface area contributed by atoms with Crippen LogP contribution in [-0.2, 0) is 13.6 Å². The molecule has 0 bridgehead atoms. The van der Waals surface area contributed by atoms with Gasteiger partial charge in [0.1, 0.15) is 5.52 Å². The fourth-order valence-corrected chi connectivity index (χ4v) is 3.37. The molecule has 0 saturated heterocycles. The smallest absolute Gasteiger partial charge is 0.256 e. The van der Waals surface area contributed by atoms with E-state index in [1.807, 2.05) is 37.4 Å². The molecule has 1 aliphatic heterocycles. The van der Waals surface area contributed by atoms with Gasteiger partial charge in [0.15, 0.2) is 0 Å². The minimum Gasteiger partial charge on any atom is -0.398 e. The number of rotatable bonds is 3. The van der Waals surface area contributed by atoms with Crippen LogP contribution < -0.4 is 5.73 Å². The largest absolute Gasteiger partial charge is 0.398 e. The summed E-state index contributed by atoms with van der Waals surface area (Å²) in [6, 6.07) is 11.5. The molecule has 0 atom stereocenters. The van der Waals surface area contributed by atoms with Crippen LogP contribution in [-0.4, -0.2) is 32.3 Å². The molecule has 2 aromatic carbocycles. The van der Waals surface area contributed by atoms with Crippen LogP contribution in [0.15, 0.2) is 42.5 Å². The molecule has 0 radical (unpaired) electrons. The number of carbonyl (C=O) groups excluding carboxylic acids is 1. The molecule has 0 saturated carbocycles. The third-order valence-electron chi connectivity index (χ3n) is 4.66. The van der Waals surface area contributed by atoms with Crippen molar-refractivity contribution in [2.24, 2.45) is 7.05 Å². The van der Waals surface area contributed by atoms with E-state index < -0.39 is 0 Å². The van der Waals surface area contributed by atoms with Crippen molar-refractivity contribution in [3.05, 3.63) is 53.6 Å². The summed E-state index contributed by atoms with van der Waals surface area (Å²) in [5.74, 6) is -0.168. The third-order valence-corrected chi connectivity index (χ3v) is 4.66. The number of nitrogen functional groups attached to an aromatic ring is 1. The van der Waals surface area contributed by atoms with Crippen molar-refractivity contribution < 1.29 is 4.79 Å². The van der Waals surface area contributed by atoms with Crippen molar-refractivity contribution in [2.75, 3.05) is 12.3 Å². The van der Waals surface area contributed by atoms with E-state index in [2.05, 4.69) is 16.9 Å². The Hall–Kier alpha value is -3.66. The maximum Gasteiger partial charge on any atom is 0.256 e. The van der Waals surface area contributed by atoms with Gasteiger partial charge in [0, 0.05) is 24.9 Å². The fourth-order valence-electron chi connectivity index (χ4n) is 3.37.